The van der Waals surface area contributed by atoms with Crippen LogP contribution in [0.25, 0.3) is 0 Å². The zero-order valence-corrected chi connectivity index (χ0v) is 22.9. The number of carbonyl (C=O) groups excluding carboxylic acids is 1. The third kappa shape index (κ3) is 7.21. The third-order valence-corrected chi connectivity index (χ3v) is 7.43. The molecule has 0 saturated carbocycles. The van der Waals surface area contributed by atoms with Crippen molar-refractivity contribution >= 4 is 41.8 Å². The van der Waals surface area contributed by atoms with E-state index in [4.69, 9.17) is 19.5 Å². The van der Waals surface area contributed by atoms with Gasteiger partial charge in [0.1, 0.15) is 5.75 Å². The van der Waals surface area contributed by atoms with E-state index in [1.807, 2.05) is 30.3 Å². The second-order valence-electron chi connectivity index (χ2n) is 7.78. The SMILES string of the molecule is C=Nc1cc(OC)c(OC)cc1SCN(C)C(=O)C(Oc1ccc(C#N)cc1)c1ccc(SCC)cc1. The molecule has 0 aliphatic carbocycles. The molecule has 1 unspecified atom stereocenters. The van der Waals surface area contributed by atoms with E-state index in [9.17, 15) is 4.79 Å². The number of rotatable bonds is 12. The molecule has 3 aromatic rings. The van der Waals surface area contributed by atoms with Gasteiger partial charge in [-0.15, -0.1) is 23.5 Å². The fraction of sp³-hybridized carbons (Fsp3) is 0.250. The molecule has 0 fully saturated rings. The maximum absolute atomic E-state index is 13.6. The monoisotopic (exact) mass is 535 g/mol. The number of thioether (sulfide) groups is 2. The summed E-state index contributed by atoms with van der Waals surface area (Å²) in [5.41, 5.74) is 1.90. The first kappa shape index (κ1) is 28.0. The van der Waals surface area contributed by atoms with E-state index in [0.29, 0.717) is 34.4 Å². The van der Waals surface area contributed by atoms with E-state index < -0.39 is 6.10 Å². The van der Waals surface area contributed by atoms with Crippen LogP contribution in [0.5, 0.6) is 17.2 Å². The lowest BCUT2D eigenvalue weighted by Gasteiger charge is -2.25. The predicted octanol–water partition coefficient (Wildman–Crippen LogP) is 6.35. The highest BCUT2D eigenvalue weighted by Crippen LogP contribution is 2.40. The summed E-state index contributed by atoms with van der Waals surface area (Å²) < 4.78 is 16.9. The average molecular weight is 536 g/mol. The number of likely N-dealkylation sites (N-methyl/N-ethyl adjacent to an activating group) is 1. The molecule has 0 aliphatic heterocycles. The molecule has 0 heterocycles. The molecule has 0 bridgehead atoms. The van der Waals surface area contributed by atoms with Gasteiger partial charge in [-0.2, -0.15) is 5.26 Å². The van der Waals surface area contributed by atoms with Crippen LogP contribution in [0.4, 0.5) is 5.69 Å². The van der Waals surface area contributed by atoms with Crippen LogP contribution in [0, 0.1) is 11.3 Å². The molecular formula is C28H29N3O4S2. The standard InChI is InChI=1S/C28H29N3O4S2/c1-6-36-22-13-9-20(10-14-22)27(35-21-11-7-19(17-29)8-12-21)28(32)31(3)18-37-26-16-25(34-5)24(33-4)15-23(26)30-2/h7-16,27H,2,6,18H2,1,3-5H3. The van der Waals surface area contributed by atoms with Crippen molar-refractivity contribution < 1.29 is 19.0 Å². The minimum atomic E-state index is -0.860. The number of benzene rings is 3. The largest absolute Gasteiger partial charge is 0.493 e. The van der Waals surface area contributed by atoms with Gasteiger partial charge in [0, 0.05) is 28.5 Å². The first-order valence-corrected chi connectivity index (χ1v) is 13.4. The van der Waals surface area contributed by atoms with E-state index in [0.717, 1.165) is 21.1 Å². The number of aliphatic imine (C=N–C) groups is 1. The topological polar surface area (TPSA) is 84.2 Å². The Bertz CT molecular complexity index is 1260. The maximum Gasteiger partial charge on any atom is 0.268 e. The minimum absolute atomic E-state index is 0.207. The number of hydrogen-bond acceptors (Lipinski definition) is 8. The number of carbonyl (C=O) groups is 1. The van der Waals surface area contributed by atoms with E-state index >= 15 is 0 Å². The molecular weight excluding hydrogens is 506 g/mol. The quantitative estimate of drug-likeness (QED) is 0.152. The fourth-order valence-electron chi connectivity index (χ4n) is 3.43. The molecule has 1 atom stereocenters. The van der Waals surface area contributed by atoms with Crippen molar-refractivity contribution in [2.24, 2.45) is 4.99 Å². The zero-order chi connectivity index (χ0) is 26.8. The summed E-state index contributed by atoms with van der Waals surface area (Å²) in [6, 6.07) is 20.2. The first-order chi connectivity index (χ1) is 17.9. The van der Waals surface area contributed by atoms with Crippen molar-refractivity contribution in [3.05, 3.63) is 71.8 Å². The van der Waals surface area contributed by atoms with E-state index in [1.165, 1.54) is 11.8 Å². The third-order valence-electron chi connectivity index (χ3n) is 5.38. The zero-order valence-electron chi connectivity index (χ0n) is 21.3. The summed E-state index contributed by atoms with van der Waals surface area (Å²) in [4.78, 5) is 21.3. The van der Waals surface area contributed by atoms with Gasteiger partial charge in [-0.1, -0.05) is 19.1 Å². The molecule has 0 aliphatic rings. The molecule has 7 nitrogen and oxygen atoms in total. The van der Waals surface area contributed by atoms with Gasteiger partial charge in [0.05, 0.1) is 37.4 Å². The Labute approximate surface area is 226 Å². The Balaban J connectivity index is 1.83. The number of nitriles is 1. The van der Waals surface area contributed by atoms with Gasteiger partial charge >= 0.3 is 0 Å². The lowest BCUT2D eigenvalue weighted by atomic mass is 10.1. The van der Waals surface area contributed by atoms with E-state index in [2.05, 4.69) is 24.7 Å². The van der Waals surface area contributed by atoms with Crippen molar-refractivity contribution in [3.63, 3.8) is 0 Å². The second-order valence-corrected chi connectivity index (χ2v) is 10.1. The highest BCUT2D eigenvalue weighted by molar-refractivity contribution is 7.99. The molecule has 0 N–H and O–H groups in total. The summed E-state index contributed by atoms with van der Waals surface area (Å²) in [6.45, 7) is 5.74. The van der Waals surface area contributed by atoms with Gasteiger partial charge < -0.3 is 19.1 Å². The van der Waals surface area contributed by atoms with Gasteiger partial charge in [0.2, 0.25) is 6.10 Å². The fourth-order valence-corrected chi connectivity index (χ4v) is 5.01. The summed E-state index contributed by atoms with van der Waals surface area (Å²) >= 11 is 3.16. The summed E-state index contributed by atoms with van der Waals surface area (Å²) in [7, 11) is 4.86. The normalized spacial score (nSPS) is 11.2. The summed E-state index contributed by atoms with van der Waals surface area (Å²) in [5.74, 6) is 2.72. The molecule has 3 aromatic carbocycles. The van der Waals surface area contributed by atoms with Gasteiger partial charge in [-0.05, 0) is 54.9 Å². The van der Waals surface area contributed by atoms with Crippen LogP contribution >= 0.6 is 23.5 Å². The Morgan fingerprint density at radius 3 is 2.27 bits per heavy atom. The van der Waals surface area contributed by atoms with Crippen LogP contribution < -0.4 is 14.2 Å². The van der Waals surface area contributed by atoms with Crippen LogP contribution in [-0.4, -0.2) is 50.4 Å². The Morgan fingerprint density at radius 1 is 1.05 bits per heavy atom. The summed E-state index contributed by atoms with van der Waals surface area (Å²) in [5, 5.41) is 9.09. The van der Waals surface area contributed by atoms with Crippen LogP contribution in [-0.2, 0) is 4.79 Å². The highest BCUT2D eigenvalue weighted by Gasteiger charge is 2.27. The van der Waals surface area contributed by atoms with Crippen LogP contribution in [0.15, 0.2) is 75.4 Å². The molecule has 37 heavy (non-hydrogen) atoms. The van der Waals surface area contributed by atoms with E-state index in [1.54, 1.807) is 68.3 Å². The van der Waals surface area contributed by atoms with E-state index in [-0.39, 0.29) is 5.91 Å². The van der Waals surface area contributed by atoms with Crippen molar-refractivity contribution in [1.29, 1.82) is 5.26 Å². The summed E-state index contributed by atoms with van der Waals surface area (Å²) in [6.07, 6.45) is -0.860. The predicted molar refractivity (Wildman–Crippen MR) is 150 cm³/mol. The second kappa shape index (κ2) is 13.6. The van der Waals surface area contributed by atoms with Crippen LogP contribution in [0.3, 0.4) is 0 Å². The lowest BCUT2D eigenvalue weighted by molar-refractivity contribution is -0.136. The number of nitrogens with zero attached hydrogens (tertiary/aromatic N) is 3. The van der Waals surface area contributed by atoms with Crippen molar-refractivity contribution in [3.8, 4) is 23.3 Å². The van der Waals surface area contributed by atoms with Crippen LogP contribution in [0.2, 0.25) is 0 Å². The number of hydrogen-bond donors (Lipinski definition) is 0. The first-order valence-electron chi connectivity index (χ1n) is 11.4. The average Bonchev–Trinajstić information content (AvgIpc) is 2.94. The Hall–Kier alpha value is -3.61. The van der Waals surface area contributed by atoms with Gasteiger partial charge in [-0.3, -0.25) is 9.79 Å². The highest BCUT2D eigenvalue weighted by atomic mass is 32.2. The molecule has 3 rings (SSSR count). The maximum atomic E-state index is 13.6. The smallest absolute Gasteiger partial charge is 0.268 e. The molecule has 192 valence electrons. The number of methoxy groups -OCH3 is 2. The van der Waals surface area contributed by atoms with Gasteiger partial charge in [0.25, 0.3) is 5.91 Å². The van der Waals surface area contributed by atoms with Crippen LogP contribution in [0.1, 0.15) is 24.2 Å². The Morgan fingerprint density at radius 2 is 1.70 bits per heavy atom. The number of amides is 1. The lowest BCUT2D eigenvalue weighted by Crippen LogP contribution is -2.34. The molecule has 0 radical (unpaired) electrons. The molecule has 0 aromatic heterocycles. The number of ether oxygens (including phenoxy) is 3. The van der Waals surface area contributed by atoms with Crippen molar-refractivity contribution in [2.45, 2.75) is 22.8 Å². The minimum Gasteiger partial charge on any atom is -0.493 e. The van der Waals surface area contributed by atoms with Gasteiger partial charge in [-0.25, -0.2) is 0 Å². The van der Waals surface area contributed by atoms with Gasteiger partial charge in [0.15, 0.2) is 11.5 Å². The molecule has 0 spiro atoms. The van der Waals surface area contributed by atoms with Crippen molar-refractivity contribution in [1.82, 2.24) is 4.90 Å². The molecule has 9 heteroatoms. The molecule has 1 amide bonds. The Kier molecular flexibility index (Phi) is 10.3. The molecule has 0 saturated heterocycles. The van der Waals surface area contributed by atoms with Crippen molar-refractivity contribution in [2.75, 3.05) is 32.9 Å².